The Morgan fingerprint density at radius 3 is 3.36 bits per heavy atom. The van der Waals surface area contributed by atoms with Crippen molar-refractivity contribution < 1.29 is 9.53 Å². The SMILES string of the molecule is O=Cc1cc[c]c2c1CCO2. The van der Waals surface area contributed by atoms with Gasteiger partial charge in [0.2, 0.25) is 0 Å². The maximum absolute atomic E-state index is 10.5. The van der Waals surface area contributed by atoms with Crippen LogP contribution in [0.2, 0.25) is 0 Å². The van der Waals surface area contributed by atoms with Crippen LogP contribution in [0.5, 0.6) is 5.75 Å². The molecule has 2 heteroatoms. The van der Waals surface area contributed by atoms with E-state index in [2.05, 4.69) is 6.07 Å². The van der Waals surface area contributed by atoms with E-state index in [1.807, 2.05) is 0 Å². The molecule has 1 aliphatic heterocycles. The highest BCUT2D eigenvalue weighted by Crippen LogP contribution is 2.26. The molecule has 0 fully saturated rings. The molecule has 11 heavy (non-hydrogen) atoms. The Bertz CT molecular complexity index is 292. The minimum Gasteiger partial charge on any atom is -0.492 e. The van der Waals surface area contributed by atoms with Crippen LogP contribution in [0.1, 0.15) is 15.9 Å². The number of hydrogen-bond donors (Lipinski definition) is 0. The number of ether oxygens (including phenoxy) is 1. The van der Waals surface area contributed by atoms with Crippen LogP contribution in [0.3, 0.4) is 0 Å². The number of carbonyl (C=O) groups is 1. The summed E-state index contributed by atoms with van der Waals surface area (Å²) in [6.07, 6.45) is 1.70. The number of hydrogen-bond acceptors (Lipinski definition) is 2. The van der Waals surface area contributed by atoms with Gasteiger partial charge >= 0.3 is 0 Å². The van der Waals surface area contributed by atoms with Crippen LogP contribution in [0.25, 0.3) is 0 Å². The van der Waals surface area contributed by atoms with Crippen molar-refractivity contribution in [2.24, 2.45) is 0 Å². The highest BCUT2D eigenvalue weighted by Gasteiger charge is 2.14. The van der Waals surface area contributed by atoms with Crippen molar-refractivity contribution in [1.29, 1.82) is 0 Å². The fourth-order valence-corrected chi connectivity index (χ4v) is 1.28. The van der Waals surface area contributed by atoms with E-state index in [1.54, 1.807) is 12.1 Å². The summed E-state index contributed by atoms with van der Waals surface area (Å²) in [4.78, 5) is 10.5. The third-order valence-corrected chi connectivity index (χ3v) is 1.83. The first-order valence-corrected chi connectivity index (χ1v) is 3.53. The third-order valence-electron chi connectivity index (χ3n) is 1.83. The van der Waals surface area contributed by atoms with Gasteiger partial charge in [0.25, 0.3) is 0 Å². The van der Waals surface area contributed by atoms with Crippen LogP contribution in [-0.4, -0.2) is 12.9 Å². The van der Waals surface area contributed by atoms with Crippen LogP contribution in [0.15, 0.2) is 12.1 Å². The van der Waals surface area contributed by atoms with E-state index in [0.717, 1.165) is 29.6 Å². The monoisotopic (exact) mass is 147 g/mol. The van der Waals surface area contributed by atoms with Crippen molar-refractivity contribution in [3.63, 3.8) is 0 Å². The highest BCUT2D eigenvalue weighted by molar-refractivity contribution is 5.78. The molecule has 0 N–H and O–H groups in total. The topological polar surface area (TPSA) is 26.3 Å². The van der Waals surface area contributed by atoms with Gasteiger partial charge in [-0.2, -0.15) is 0 Å². The van der Waals surface area contributed by atoms with E-state index in [4.69, 9.17) is 4.74 Å². The molecule has 0 amide bonds. The fourth-order valence-electron chi connectivity index (χ4n) is 1.28. The first kappa shape index (κ1) is 6.40. The Morgan fingerprint density at radius 2 is 2.55 bits per heavy atom. The van der Waals surface area contributed by atoms with Crippen molar-refractivity contribution in [2.75, 3.05) is 6.61 Å². The van der Waals surface area contributed by atoms with Gasteiger partial charge in [-0.15, -0.1) is 0 Å². The number of carbonyl (C=O) groups excluding carboxylic acids is 1. The first-order valence-electron chi connectivity index (χ1n) is 3.53. The lowest BCUT2D eigenvalue weighted by Gasteiger charge is -1.97. The summed E-state index contributed by atoms with van der Waals surface area (Å²) in [5.41, 5.74) is 1.73. The molecule has 0 aromatic heterocycles. The molecule has 1 aromatic carbocycles. The van der Waals surface area contributed by atoms with E-state index in [9.17, 15) is 4.79 Å². The van der Waals surface area contributed by atoms with Crippen molar-refractivity contribution in [3.8, 4) is 5.75 Å². The smallest absolute Gasteiger partial charge is 0.150 e. The zero-order chi connectivity index (χ0) is 7.68. The molecule has 0 bridgehead atoms. The normalized spacial score (nSPS) is 13.8. The average molecular weight is 147 g/mol. The lowest BCUT2D eigenvalue weighted by molar-refractivity contribution is 0.112. The van der Waals surface area contributed by atoms with Gasteiger partial charge in [0, 0.05) is 23.6 Å². The molecule has 2 rings (SSSR count). The molecule has 0 unspecified atom stereocenters. The van der Waals surface area contributed by atoms with E-state index < -0.39 is 0 Å². The molecule has 0 spiro atoms. The van der Waals surface area contributed by atoms with E-state index in [-0.39, 0.29) is 0 Å². The molecular weight excluding hydrogens is 140 g/mol. The fraction of sp³-hybridized carbons (Fsp3) is 0.222. The molecule has 0 saturated carbocycles. The second-order valence-corrected chi connectivity index (χ2v) is 2.46. The van der Waals surface area contributed by atoms with Gasteiger partial charge < -0.3 is 4.74 Å². The number of rotatable bonds is 1. The number of aldehydes is 1. The standard InChI is InChI=1S/C9H7O2/c10-6-7-2-1-3-9-8(7)4-5-11-9/h1-2,6H,4-5H2. The summed E-state index contributed by atoms with van der Waals surface area (Å²) in [7, 11) is 0. The van der Waals surface area contributed by atoms with Gasteiger partial charge in [-0.1, -0.05) is 6.07 Å². The molecule has 0 saturated heterocycles. The van der Waals surface area contributed by atoms with Crippen LogP contribution < -0.4 is 4.74 Å². The summed E-state index contributed by atoms with van der Waals surface area (Å²) in [5.74, 6) is 0.745. The second-order valence-electron chi connectivity index (χ2n) is 2.46. The summed E-state index contributed by atoms with van der Waals surface area (Å²) in [6.45, 7) is 0.677. The lowest BCUT2D eigenvalue weighted by atomic mass is 10.1. The second kappa shape index (κ2) is 2.38. The van der Waals surface area contributed by atoms with Crippen LogP contribution >= 0.6 is 0 Å². The molecule has 1 heterocycles. The van der Waals surface area contributed by atoms with E-state index in [1.165, 1.54) is 0 Å². The predicted octanol–water partition coefficient (Wildman–Crippen LogP) is 1.23. The molecule has 0 atom stereocenters. The maximum Gasteiger partial charge on any atom is 0.150 e. The van der Waals surface area contributed by atoms with Crippen molar-refractivity contribution in [1.82, 2.24) is 0 Å². The number of fused-ring (bicyclic) bond motifs is 1. The van der Waals surface area contributed by atoms with Crippen LogP contribution in [0.4, 0.5) is 0 Å². The minimum atomic E-state index is 0.677. The first-order chi connectivity index (χ1) is 5.42. The largest absolute Gasteiger partial charge is 0.492 e. The summed E-state index contributed by atoms with van der Waals surface area (Å²) >= 11 is 0. The van der Waals surface area contributed by atoms with E-state index >= 15 is 0 Å². The van der Waals surface area contributed by atoms with Crippen LogP contribution in [-0.2, 0) is 6.42 Å². The summed E-state index contributed by atoms with van der Waals surface area (Å²) < 4.78 is 5.23. The Balaban J connectivity index is 2.58. The Hall–Kier alpha value is -1.31. The predicted molar refractivity (Wildman–Crippen MR) is 39.9 cm³/mol. The summed E-state index contributed by atoms with van der Waals surface area (Å²) in [6, 6.07) is 6.42. The van der Waals surface area contributed by atoms with E-state index in [0.29, 0.717) is 6.61 Å². The highest BCUT2D eigenvalue weighted by atomic mass is 16.5. The number of benzene rings is 1. The molecule has 1 aromatic rings. The molecular formula is C9H7O2. The van der Waals surface area contributed by atoms with Gasteiger partial charge in [-0.25, -0.2) is 0 Å². The molecule has 1 radical (unpaired) electrons. The Labute approximate surface area is 64.8 Å². The van der Waals surface area contributed by atoms with Crippen LogP contribution in [0, 0.1) is 6.07 Å². The van der Waals surface area contributed by atoms with Gasteiger partial charge in [-0.3, -0.25) is 4.79 Å². The van der Waals surface area contributed by atoms with Gasteiger partial charge in [0.15, 0.2) is 0 Å². The molecule has 0 aliphatic carbocycles. The summed E-state index contributed by atoms with van der Waals surface area (Å²) in [5, 5.41) is 0. The molecule has 1 aliphatic rings. The molecule has 2 nitrogen and oxygen atoms in total. The Morgan fingerprint density at radius 1 is 1.64 bits per heavy atom. The molecule has 55 valence electrons. The van der Waals surface area contributed by atoms with Gasteiger partial charge in [0.1, 0.15) is 12.0 Å². The zero-order valence-corrected chi connectivity index (χ0v) is 5.96. The van der Waals surface area contributed by atoms with Gasteiger partial charge in [-0.05, 0) is 6.07 Å². The third kappa shape index (κ3) is 0.909. The Kier molecular flexibility index (Phi) is 1.39. The maximum atomic E-state index is 10.5. The average Bonchev–Trinajstić information content (AvgIpc) is 2.50. The van der Waals surface area contributed by atoms with Crippen molar-refractivity contribution >= 4 is 6.29 Å². The zero-order valence-electron chi connectivity index (χ0n) is 5.96. The van der Waals surface area contributed by atoms with Crippen molar-refractivity contribution in [2.45, 2.75) is 6.42 Å². The van der Waals surface area contributed by atoms with Gasteiger partial charge in [0.05, 0.1) is 6.61 Å². The lowest BCUT2D eigenvalue weighted by Crippen LogP contribution is -1.88. The quantitative estimate of drug-likeness (QED) is 0.558. The van der Waals surface area contributed by atoms with Crippen molar-refractivity contribution in [3.05, 3.63) is 29.3 Å². The minimum absolute atomic E-state index is 0.677.